The third-order valence-corrected chi connectivity index (χ3v) is 3.50. The Morgan fingerprint density at radius 2 is 1.93 bits per heavy atom. The largest absolute Gasteiger partial charge is 0.311 e. The van der Waals surface area contributed by atoms with Crippen LogP contribution >= 0.6 is 0 Å². The first-order valence-corrected chi connectivity index (χ1v) is 6.00. The van der Waals surface area contributed by atoms with Gasteiger partial charge < -0.3 is 5.32 Å². The van der Waals surface area contributed by atoms with Crippen molar-refractivity contribution in [3.8, 4) is 0 Å². The lowest BCUT2D eigenvalue weighted by Crippen LogP contribution is -2.29. The van der Waals surface area contributed by atoms with E-state index in [-0.39, 0.29) is 0 Å². The summed E-state index contributed by atoms with van der Waals surface area (Å²) in [4.78, 5) is 0. The summed E-state index contributed by atoms with van der Waals surface area (Å²) in [6.45, 7) is 5.78. The molecule has 0 aromatic heterocycles. The molecule has 1 saturated carbocycles. The van der Waals surface area contributed by atoms with E-state index in [2.05, 4.69) is 49.5 Å². The highest BCUT2D eigenvalue weighted by Gasteiger charge is 2.36. The van der Waals surface area contributed by atoms with Gasteiger partial charge in [-0.2, -0.15) is 0 Å². The summed E-state index contributed by atoms with van der Waals surface area (Å²) in [5.41, 5.74) is 1.94. The first-order chi connectivity index (χ1) is 7.20. The third-order valence-electron chi connectivity index (χ3n) is 3.50. The predicted molar refractivity (Wildman–Crippen MR) is 65.1 cm³/mol. The molecule has 0 heterocycles. The van der Waals surface area contributed by atoms with E-state index in [1.165, 1.54) is 24.8 Å². The van der Waals surface area contributed by atoms with Crippen LogP contribution in [0.25, 0.3) is 0 Å². The SMILES string of the molecule is CC(CCNC1(C)CC1)c1ccccc1. The number of benzene rings is 1. The Kier molecular flexibility index (Phi) is 3.11. The molecule has 2 rings (SSSR count). The minimum absolute atomic E-state index is 0.483. The zero-order chi connectivity index (χ0) is 10.7. The Balaban J connectivity index is 1.75. The van der Waals surface area contributed by atoms with E-state index in [1.54, 1.807) is 0 Å². The van der Waals surface area contributed by atoms with Crippen LogP contribution < -0.4 is 5.32 Å². The van der Waals surface area contributed by atoms with Gasteiger partial charge in [0.15, 0.2) is 0 Å². The van der Waals surface area contributed by atoms with Crippen LogP contribution in [0.4, 0.5) is 0 Å². The van der Waals surface area contributed by atoms with Gasteiger partial charge in [0.1, 0.15) is 0 Å². The monoisotopic (exact) mass is 203 g/mol. The van der Waals surface area contributed by atoms with E-state index >= 15 is 0 Å². The predicted octanol–water partition coefficient (Wildman–Crippen LogP) is 3.32. The zero-order valence-electron chi connectivity index (χ0n) is 9.79. The van der Waals surface area contributed by atoms with E-state index in [1.807, 2.05) is 0 Å². The van der Waals surface area contributed by atoms with Gasteiger partial charge in [-0.05, 0) is 44.2 Å². The van der Waals surface area contributed by atoms with Gasteiger partial charge in [0.25, 0.3) is 0 Å². The third kappa shape index (κ3) is 3.07. The standard InChI is InChI=1S/C14H21N/c1-12(13-6-4-3-5-7-13)8-11-15-14(2)9-10-14/h3-7,12,15H,8-11H2,1-2H3. The smallest absolute Gasteiger partial charge is 0.0154 e. The van der Waals surface area contributed by atoms with Crippen molar-refractivity contribution in [3.05, 3.63) is 35.9 Å². The van der Waals surface area contributed by atoms with Crippen molar-refractivity contribution >= 4 is 0 Å². The number of rotatable bonds is 5. The Labute approximate surface area is 92.9 Å². The topological polar surface area (TPSA) is 12.0 Å². The molecule has 1 unspecified atom stereocenters. The number of nitrogens with one attached hydrogen (secondary N) is 1. The van der Waals surface area contributed by atoms with Crippen LogP contribution in [0, 0.1) is 0 Å². The van der Waals surface area contributed by atoms with Crippen LogP contribution in [-0.4, -0.2) is 12.1 Å². The summed E-state index contributed by atoms with van der Waals surface area (Å²) in [6, 6.07) is 10.8. The second-order valence-corrected chi connectivity index (χ2v) is 5.09. The number of hydrogen-bond donors (Lipinski definition) is 1. The molecule has 1 N–H and O–H groups in total. The Morgan fingerprint density at radius 3 is 2.53 bits per heavy atom. The fraction of sp³-hybridized carbons (Fsp3) is 0.571. The maximum absolute atomic E-state index is 3.63. The summed E-state index contributed by atoms with van der Waals surface area (Å²) >= 11 is 0. The maximum Gasteiger partial charge on any atom is 0.0154 e. The summed E-state index contributed by atoms with van der Waals surface area (Å²) in [5.74, 6) is 0.668. The first-order valence-electron chi connectivity index (χ1n) is 6.00. The average molecular weight is 203 g/mol. The van der Waals surface area contributed by atoms with Crippen molar-refractivity contribution < 1.29 is 0 Å². The van der Waals surface area contributed by atoms with Gasteiger partial charge in [0.05, 0.1) is 0 Å². The molecule has 1 fully saturated rings. The van der Waals surface area contributed by atoms with E-state index < -0.39 is 0 Å². The van der Waals surface area contributed by atoms with Crippen molar-refractivity contribution in [2.45, 2.75) is 44.6 Å². The highest BCUT2D eigenvalue weighted by atomic mass is 15.0. The number of hydrogen-bond acceptors (Lipinski definition) is 1. The van der Waals surface area contributed by atoms with Crippen molar-refractivity contribution in [2.24, 2.45) is 0 Å². The Bertz CT molecular complexity index is 300. The molecule has 1 aromatic carbocycles. The molecule has 82 valence electrons. The molecule has 0 radical (unpaired) electrons. The minimum atomic E-state index is 0.483. The molecule has 1 aliphatic rings. The first kappa shape index (κ1) is 10.7. The molecule has 1 atom stereocenters. The zero-order valence-corrected chi connectivity index (χ0v) is 9.79. The highest BCUT2D eigenvalue weighted by molar-refractivity contribution is 5.18. The van der Waals surface area contributed by atoms with Crippen molar-refractivity contribution in [2.75, 3.05) is 6.54 Å². The molecule has 0 bridgehead atoms. The van der Waals surface area contributed by atoms with Gasteiger partial charge in [-0.25, -0.2) is 0 Å². The molecule has 0 saturated heterocycles. The van der Waals surface area contributed by atoms with Gasteiger partial charge >= 0.3 is 0 Å². The van der Waals surface area contributed by atoms with Crippen LogP contribution in [-0.2, 0) is 0 Å². The van der Waals surface area contributed by atoms with Crippen LogP contribution in [0.5, 0.6) is 0 Å². The van der Waals surface area contributed by atoms with Gasteiger partial charge in [-0.1, -0.05) is 37.3 Å². The summed E-state index contributed by atoms with van der Waals surface area (Å²) < 4.78 is 0. The van der Waals surface area contributed by atoms with E-state index in [9.17, 15) is 0 Å². The molecule has 0 amide bonds. The van der Waals surface area contributed by atoms with Gasteiger partial charge in [-0.15, -0.1) is 0 Å². The van der Waals surface area contributed by atoms with Crippen molar-refractivity contribution in [1.82, 2.24) is 5.32 Å². The maximum atomic E-state index is 3.63. The molecular formula is C14H21N. The molecular weight excluding hydrogens is 182 g/mol. The average Bonchev–Trinajstić information content (AvgIpc) is 2.98. The van der Waals surface area contributed by atoms with Gasteiger partial charge in [-0.3, -0.25) is 0 Å². The molecule has 0 spiro atoms. The molecule has 0 aliphatic heterocycles. The second kappa shape index (κ2) is 4.36. The second-order valence-electron chi connectivity index (χ2n) is 5.09. The molecule has 1 nitrogen and oxygen atoms in total. The lowest BCUT2D eigenvalue weighted by molar-refractivity contribution is 0.505. The van der Waals surface area contributed by atoms with Crippen LogP contribution in [0.3, 0.4) is 0 Å². The molecule has 1 aliphatic carbocycles. The van der Waals surface area contributed by atoms with E-state index in [0.717, 1.165) is 6.54 Å². The van der Waals surface area contributed by atoms with Crippen molar-refractivity contribution in [3.63, 3.8) is 0 Å². The van der Waals surface area contributed by atoms with Crippen LogP contribution in [0.1, 0.15) is 44.6 Å². The van der Waals surface area contributed by atoms with Gasteiger partial charge in [0, 0.05) is 5.54 Å². The fourth-order valence-corrected chi connectivity index (χ4v) is 1.90. The minimum Gasteiger partial charge on any atom is -0.311 e. The Hall–Kier alpha value is -0.820. The fourth-order valence-electron chi connectivity index (χ4n) is 1.90. The summed E-state index contributed by atoms with van der Waals surface area (Å²) in [7, 11) is 0. The Morgan fingerprint density at radius 1 is 1.27 bits per heavy atom. The quantitative estimate of drug-likeness (QED) is 0.774. The lowest BCUT2D eigenvalue weighted by Gasteiger charge is -2.15. The van der Waals surface area contributed by atoms with E-state index in [4.69, 9.17) is 0 Å². The van der Waals surface area contributed by atoms with E-state index in [0.29, 0.717) is 11.5 Å². The summed E-state index contributed by atoms with van der Waals surface area (Å²) in [6.07, 6.45) is 3.94. The van der Waals surface area contributed by atoms with Gasteiger partial charge in [0.2, 0.25) is 0 Å². The molecule has 1 aromatic rings. The van der Waals surface area contributed by atoms with Crippen molar-refractivity contribution in [1.29, 1.82) is 0 Å². The summed E-state index contributed by atoms with van der Waals surface area (Å²) in [5, 5.41) is 3.63. The normalized spacial score (nSPS) is 19.9. The molecule has 1 heteroatoms. The highest BCUT2D eigenvalue weighted by Crippen LogP contribution is 2.34. The lowest BCUT2D eigenvalue weighted by atomic mass is 9.98. The van der Waals surface area contributed by atoms with Crippen LogP contribution in [0.2, 0.25) is 0 Å². The molecule has 15 heavy (non-hydrogen) atoms. The van der Waals surface area contributed by atoms with Crippen LogP contribution in [0.15, 0.2) is 30.3 Å².